The minimum Gasteiger partial charge on any atom is -0.339 e. The predicted octanol–water partition coefficient (Wildman–Crippen LogP) is 3.20. The second-order valence-electron chi connectivity index (χ2n) is 6.38. The Morgan fingerprint density at radius 3 is 2.84 bits per heavy atom. The van der Waals surface area contributed by atoms with Crippen molar-refractivity contribution in [3.63, 3.8) is 0 Å². The summed E-state index contributed by atoms with van der Waals surface area (Å²) in [6, 6.07) is 7.87. The second-order valence-corrected chi connectivity index (χ2v) is 6.38. The number of fused-ring (bicyclic) bond motifs is 1. The molecule has 1 aliphatic rings. The van der Waals surface area contributed by atoms with Gasteiger partial charge in [-0.05, 0) is 37.5 Å². The molecule has 1 amide bonds. The van der Waals surface area contributed by atoms with Gasteiger partial charge in [0.15, 0.2) is 0 Å². The summed E-state index contributed by atoms with van der Waals surface area (Å²) >= 11 is 0. The highest BCUT2D eigenvalue weighted by molar-refractivity contribution is 5.97. The molecule has 1 aliphatic heterocycles. The van der Waals surface area contributed by atoms with Crippen molar-refractivity contribution in [3.05, 3.63) is 53.6 Å². The average molecular weight is 336 g/mol. The number of hydrogen-bond acceptors (Lipinski definition) is 5. The van der Waals surface area contributed by atoms with Gasteiger partial charge in [0.2, 0.25) is 0 Å². The van der Waals surface area contributed by atoms with E-state index in [0.717, 1.165) is 49.1 Å². The van der Waals surface area contributed by atoms with E-state index in [0.29, 0.717) is 17.2 Å². The van der Waals surface area contributed by atoms with E-state index in [9.17, 15) is 4.79 Å². The predicted molar refractivity (Wildman–Crippen MR) is 93.3 cm³/mol. The summed E-state index contributed by atoms with van der Waals surface area (Å²) in [4.78, 5) is 23.4. The van der Waals surface area contributed by atoms with Gasteiger partial charge in [-0.3, -0.25) is 9.78 Å². The monoisotopic (exact) mass is 336 g/mol. The molecule has 1 fully saturated rings. The SMILES string of the molecule is CCc1noc2ncc(C(=O)N3CCC(c4ccccn4)CC3)cc12. The molecule has 1 saturated heterocycles. The summed E-state index contributed by atoms with van der Waals surface area (Å²) in [5, 5.41) is 4.83. The Kier molecular flexibility index (Phi) is 4.17. The Morgan fingerprint density at radius 1 is 1.28 bits per heavy atom. The summed E-state index contributed by atoms with van der Waals surface area (Å²) in [6.07, 6.45) is 6.04. The smallest absolute Gasteiger partial charge is 0.257 e. The molecular formula is C19H20N4O2. The summed E-state index contributed by atoms with van der Waals surface area (Å²) in [5.74, 6) is 0.452. The van der Waals surface area contributed by atoms with Crippen LogP contribution in [-0.4, -0.2) is 39.0 Å². The maximum atomic E-state index is 12.8. The summed E-state index contributed by atoms with van der Waals surface area (Å²) in [7, 11) is 0. The van der Waals surface area contributed by atoms with E-state index in [1.807, 2.05) is 36.2 Å². The van der Waals surface area contributed by atoms with Gasteiger partial charge in [0.1, 0.15) is 0 Å². The zero-order chi connectivity index (χ0) is 17.2. The van der Waals surface area contributed by atoms with Crippen LogP contribution in [-0.2, 0) is 6.42 Å². The summed E-state index contributed by atoms with van der Waals surface area (Å²) in [5.41, 5.74) is 3.05. The molecule has 0 atom stereocenters. The van der Waals surface area contributed by atoms with Crippen molar-refractivity contribution in [2.45, 2.75) is 32.1 Å². The maximum Gasteiger partial charge on any atom is 0.257 e. The molecule has 6 heteroatoms. The van der Waals surface area contributed by atoms with Crippen LogP contribution in [0.25, 0.3) is 11.1 Å². The lowest BCUT2D eigenvalue weighted by atomic mass is 9.93. The number of carbonyl (C=O) groups is 1. The fraction of sp³-hybridized carbons (Fsp3) is 0.368. The van der Waals surface area contributed by atoms with E-state index in [2.05, 4.69) is 21.2 Å². The highest BCUT2D eigenvalue weighted by atomic mass is 16.5. The maximum absolute atomic E-state index is 12.8. The summed E-state index contributed by atoms with van der Waals surface area (Å²) < 4.78 is 5.19. The highest BCUT2D eigenvalue weighted by Gasteiger charge is 2.25. The Balaban J connectivity index is 1.49. The van der Waals surface area contributed by atoms with E-state index >= 15 is 0 Å². The normalized spacial score (nSPS) is 15.6. The number of amides is 1. The first kappa shape index (κ1) is 15.7. The molecule has 3 aromatic heterocycles. The van der Waals surface area contributed by atoms with Crippen LogP contribution >= 0.6 is 0 Å². The molecule has 4 heterocycles. The van der Waals surface area contributed by atoms with Crippen molar-refractivity contribution >= 4 is 17.0 Å². The number of piperidine rings is 1. The number of carbonyl (C=O) groups excluding carboxylic acids is 1. The van der Waals surface area contributed by atoms with Gasteiger partial charge in [-0.25, -0.2) is 4.98 Å². The molecule has 0 bridgehead atoms. The third-order valence-corrected chi connectivity index (χ3v) is 4.87. The molecule has 25 heavy (non-hydrogen) atoms. The average Bonchev–Trinajstić information content (AvgIpc) is 3.10. The van der Waals surface area contributed by atoms with Gasteiger partial charge >= 0.3 is 0 Å². The Hall–Kier alpha value is -2.76. The number of aromatic nitrogens is 3. The highest BCUT2D eigenvalue weighted by Crippen LogP contribution is 2.27. The van der Waals surface area contributed by atoms with Crippen LogP contribution < -0.4 is 0 Å². The van der Waals surface area contributed by atoms with E-state index in [1.54, 1.807) is 6.20 Å². The molecule has 0 saturated carbocycles. The van der Waals surface area contributed by atoms with Crippen molar-refractivity contribution < 1.29 is 9.32 Å². The standard InChI is InChI=1S/C19H20N4O2/c1-2-16-15-11-14(12-21-18(15)25-22-16)19(24)23-9-6-13(7-10-23)17-5-3-4-8-20-17/h3-5,8,11-13H,2,6-7,9-10H2,1H3. The van der Waals surface area contributed by atoms with E-state index in [-0.39, 0.29) is 5.91 Å². The van der Waals surface area contributed by atoms with Gasteiger partial charge in [-0.1, -0.05) is 18.1 Å². The number of likely N-dealkylation sites (tertiary alicyclic amines) is 1. The zero-order valence-electron chi connectivity index (χ0n) is 14.2. The van der Waals surface area contributed by atoms with E-state index < -0.39 is 0 Å². The Labute approximate surface area is 145 Å². The van der Waals surface area contributed by atoms with Crippen molar-refractivity contribution in [2.75, 3.05) is 13.1 Å². The second kappa shape index (κ2) is 6.63. The minimum atomic E-state index is 0.0251. The molecular weight excluding hydrogens is 316 g/mol. The van der Waals surface area contributed by atoms with Crippen LogP contribution in [0.2, 0.25) is 0 Å². The molecule has 0 aromatic carbocycles. The number of rotatable bonds is 3. The Bertz CT molecular complexity index is 883. The molecule has 0 unspecified atom stereocenters. The molecule has 0 radical (unpaired) electrons. The molecule has 0 aliphatic carbocycles. The Morgan fingerprint density at radius 2 is 2.12 bits per heavy atom. The van der Waals surface area contributed by atoms with E-state index in [4.69, 9.17) is 4.52 Å². The van der Waals surface area contributed by atoms with Crippen LogP contribution in [0.15, 0.2) is 41.2 Å². The van der Waals surface area contributed by atoms with Gasteiger partial charge in [0, 0.05) is 37.1 Å². The molecule has 0 spiro atoms. The lowest BCUT2D eigenvalue weighted by Gasteiger charge is -2.31. The zero-order valence-corrected chi connectivity index (χ0v) is 14.2. The largest absolute Gasteiger partial charge is 0.339 e. The third-order valence-electron chi connectivity index (χ3n) is 4.87. The third kappa shape index (κ3) is 2.99. The number of hydrogen-bond donors (Lipinski definition) is 0. The number of aryl methyl sites for hydroxylation is 1. The first-order chi connectivity index (χ1) is 12.3. The van der Waals surface area contributed by atoms with Crippen LogP contribution in [0.4, 0.5) is 0 Å². The minimum absolute atomic E-state index is 0.0251. The lowest BCUT2D eigenvalue weighted by molar-refractivity contribution is 0.0712. The quantitative estimate of drug-likeness (QED) is 0.734. The van der Waals surface area contributed by atoms with Crippen molar-refractivity contribution in [1.29, 1.82) is 0 Å². The van der Waals surface area contributed by atoms with Gasteiger partial charge in [0.25, 0.3) is 11.6 Å². The van der Waals surface area contributed by atoms with Crippen LogP contribution in [0, 0.1) is 0 Å². The van der Waals surface area contributed by atoms with Crippen LogP contribution in [0.1, 0.15) is 47.4 Å². The van der Waals surface area contributed by atoms with Crippen molar-refractivity contribution in [3.8, 4) is 0 Å². The van der Waals surface area contributed by atoms with Gasteiger partial charge in [-0.2, -0.15) is 0 Å². The number of nitrogens with zero attached hydrogens (tertiary/aromatic N) is 4. The number of pyridine rings is 2. The molecule has 0 N–H and O–H groups in total. The molecule has 4 rings (SSSR count). The van der Waals surface area contributed by atoms with E-state index in [1.165, 1.54) is 0 Å². The lowest BCUT2D eigenvalue weighted by Crippen LogP contribution is -2.38. The van der Waals surface area contributed by atoms with Crippen LogP contribution in [0.3, 0.4) is 0 Å². The first-order valence-electron chi connectivity index (χ1n) is 8.70. The van der Waals surface area contributed by atoms with Crippen molar-refractivity contribution in [2.24, 2.45) is 0 Å². The van der Waals surface area contributed by atoms with Gasteiger partial charge < -0.3 is 9.42 Å². The van der Waals surface area contributed by atoms with Crippen LogP contribution in [0.5, 0.6) is 0 Å². The van der Waals surface area contributed by atoms with Gasteiger partial charge in [0.05, 0.1) is 16.6 Å². The van der Waals surface area contributed by atoms with Crippen molar-refractivity contribution in [1.82, 2.24) is 20.0 Å². The fourth-order valence-electron chi connectivity index (χ4n) is 3.43. The molecule has 128 valence electrons. The molecule has 6 nitrogen and oxygen atoms in total. The topological polar surface area (TPSA) is 72.1 Å². The first-order valence-corrected chi connectivity index (χ1v) is 8.70. The van der Waals surface area contributed by atoms with Gasteiger partial charge in [-0.15, -0.1) is 0 Å². The summed E-state index contributed by atoms with van der Waals surface area (Å²) in [6.45, 7) is 3.49. The molecule has 3 aromatic rings. The fourth-order valence-corrected chi connectivity index (χ4v) is 3.43.